The van der Waals surface area contributed by atoms with E-state index < -0.39 is 6.29 Å². The quantitative estimate of drug-likeness (QED) is 0.602. The standard InChI is InChI=1S/C7H11ClO3/c8-3-1-2-6(9)7-10-4-5-11-7/h7H,1-5H2. The number of halogens is 1. The number of alkyl halides is 1. The Morgan fingerprint density at radius 1 is 1.45 bits per heavy atom. The van der Waals surface area contributed by atoms with Crippen molar-refractivity contribution in [2.24, 2.45) is 0 Å². The maximum atomic E-state index is 11.1. The Kier molecular flexibility index (Phi) is 3.83. The molecule has 1 heterocycles. The average Bonchev–Trinajstić information content (AvgIpc) is 2.52. The number of carbonyl (C=O) groups excluding carboxylic acids is 1. The topological polar surface area (TPSA) is 35.5 Å². The predicted molar refractivity (Wildman–Crippen MR) is 40.7 cm³/mol. The van der Waals surface area contributed by atoms with Crippen LogP contribution in [0.5, 0.6) is 0 Å². The van der Waals surface area contributed by atoms with Crippen molar-refractivity contribution in [3.05, 3.63) is 0 Å². The van der Waals surface area contributed by atoms with Crippen molar-refractivity contribution in [1.82, 2.24) is 0 Å². The summed E-state index contributed by atoms with van der Waals surface area (Å²) in [5, 5.41) is 0. The summed E-state index contributed by atoms with van der Waals surface area (Å²) < 4.78 is 9.99. The third-order valence-corrected chi connectivity index (χ3v) is 1.71. The molecular weight excluding hydrogens is 168 g/mol. The molecule has 0 spiro atoms. The van der Waals surface area contributed by atoms with Gasteiger partial charge in [0.1, 0.15) is 0 Å². The Balaban J connectivity index is 2.17. The molecular formula is C7H11ClO3. The van der Waals surface area contributed by atoms with Crippen LogP contribution in [0.1, 0.15) is 12.8 Å². The van der Waals surface area contributed by atoms with Crippen LogP contribution >= 0.6 is 11.6 Å². The van der Waals surface area contributed by atoms with Gasteiger partial charge in [0.25, 0.3) is 0 Å². The van der Waals surface area contributed by atoms with E-state index in [1.54, 1.807) is 0 Å². The molecule has 1 saturated heterocycles. The molecule has 1 aliphatic rings. The molecule has 0 aromatic rings. The van der Waals surface area contributed by atoms with Gasteiger partial charge >= 0.3 is 0 Å². The van der Waals surface area contributed by atoms with Gasteiger partial charge in [0.15, 0.2) is 5.78 Å². The molecule has 64 valence electrons. The van der Waals surface area contributed by atoms with Gasteiger partial charge in [-0.1, -0.05) is 0 Å². The molecule has 0 saturated carbocycles. The Morgan fingerprint density at radius 3 is 2.64 bits per heavy atom. The molecule has 0 unspecified atom stereocenters. The molecule has 0 aromatic carbocycles. The molecule has 3 nitrogen and oxygen atoms in total. The number of rotatable bonds is 4. The number of hydrogen-bond donors (Lipinski definition) is 0. The summed E-state index contributed by atoms with van der Waals surface area (Å²) in [6, 6.07) is 0. The first-order valence-electron chi connectivity index (χ1n) is 3.66. The number of ether oxygens (including phenoxy) is 2. The summed E-state index contributed by atoms with van der Waals surface area (Å²) in [4.78, 5) is 11.1. The molecule has 0 amide bonds. The van der Waals surface area contributed by atoms with Crippen molar-refractivity contribution >= 4 is 17.4 Å². The van der Waals surface area contributed by atoms with E-state index in [-0.39, 0.29) is 5.78 Å². The lowest BCUT2D eigenvalue weighted by molar-refractivity contribution is -0.144. The van der Waals surface area contributed by atoms with Crippen molar-refractivity contribution < 1.29 is 14.3 Å². The maximum absolute atomic E-state index is 11.1. The molecule has 0 aromatic heterocycles. The second kappa shape index (κ2) is 4.70. The van der Waals surface area contributed by atoms with Crippen LogP contribution in [-0.4, -0.2) is 31.2 Å². The monoisotopic (exact) mass is 178 g/mol. The van der Waals surface area contributed by atoms with Gasteiger partial charge in [-0.15, -0.1) is 11.6 Å². The van der Waals surface area contributed by atoms with Crippen LogP contribution in [-0.2, 0) is 14.3 Å². The first-order chi connectivity index (χ1) is 5.34. The summed E-state index contributed by atoms with van der Waals surface area (Å²) >= 11 is 5.42. The first kappa shape index (κ1) is 8.97. The highest BCUT2D eigenvalue weighted by Gasteiger charge is 2.23. The summed E-state index contributed by atoms with van der Waals surface area (Å²) in [7, 11) is 0. The van der Waals surface area contributed by atoms with Crippen molar-refractivity contribution in [2.45, 2.75) is 19.1 Å². The molecule has 1 rings (SSSR count). The van der Waals surface area contributed by atoms with E-state index in [9.17, 15) is 4.79 Å². The second-order valence-electron chi connectivity index (χ2n) is 2.33. The molecule has 11 heavy (non-hydrogen) atoms. The molecule has 0 aliphatic carbocycles. The number of ketones is 1. The van der Waals surface area contributed by atoms with E-state index in [0.717, 1.165) is 0 Å². The van der Waals surface area contributed by atoms with Crippen LogP contribution < -0.4 is 0 Å². The van der Waals surface area contributed by atoms with Crippen LogP contribution in [0.15, 0.2) is 0 Å². The van der Waals surface area contributed by atoms with Crippen LogP contribution in [0.2, 0.25) is 0 Å². The highest BCUT2D eigenvalue weighted by Crippen LogP contribution is 2.08. The van der Waals surface area contributed by atoms with E-state index in [1.165, 1.54) is 0 Å². The third-order valence-electron chi connectivity index (χ3n) is 1.44. The SMILES string of the molecule is O=C(CCCCl)C1OCCO1. The number of Topliss-reactive ketones (excluding diaryl/α,β-unsaturated/α-hetero) is 1. The van der Waals surface area contributed by atoms with E-state index in [1.807, 2.05) is 0 Å². The van der Waals surface area contributed by atoms with E-state index in [0.29, 0.717) is 31.9 Å². The van der Waals surface area contributed by atoms with Gasteiger partial charge < -0.3 is 9.47 Å². The largest absolute Gasteiger partial charge is 0.344 e. The molecule has 0 bridgehead atoms. The van der Waals surface area contributed by atoms with Gasteiger partial charge in [0, 0.05) is 12.3 Å². The van der Waals surface area contributed by atoms with Crippen molar-refractivity contribution in [1.29, 1.82) is 0 Å². The zero-order chi connectivity index (χ0) is 8.10. The minimum atomic E-state index is -0.613. The zero-order valence-electron chi connectivity index (χ0n) is 6.22. The summed E-state index contributed by atoms with van der Waals surface area (Å²) in [6.07, 6.45) is 0.538. The fourth-order valence-corrected chi connectivity index (χ4v) is 1.04. The lowest BCUT2D eigenvalue weighted by Crippen LogP contribution is -2.20. The van der Waals surface area contributed by atoms with E-state index in [2.05, 4.69) is 0 Å². The number of carbonyl (C=O) groups is 1. The molecule has 1 fully saturated rings. The van der Waals surface area contributed by atoms with Gasteiger partial charge in [-0.3, -0.25) is 4.79 Å². The number of hydrogen-bond acceptors (Lipinski definition) is 3. The van der Waals surface area contributed by atoms with Crippen molar-refractivity contribution in [3.8, 4) is 0 Å². The van der Waals surface area contributed by atoms with E-state index in [4.69, 9.17) is 21.1 Å². The summed E-state index contributed by atoms with van der Waals surface area (Å²) in [5.74, 6) is 0.515. The highest BCUT2D eigenvalue weighted by atomic mass is 35.5. The van der Waals surface area contributed by atoms with Gasteiger partial charge in [0.05, 0.1) is 13.2 Å². The lowest BCUT2D eigenvalue weighted by atomic mass is 10.2. The maximum Gasteiger partial charge on any atom is 0.217 e. The smallest absolute Gasteiger partial charge is 0.217 e. The Morgan fingerprint density at radius 2 is 2.09 bits per heavy atom. The third kappa shape index (κ3) is 2.77. The minimum absolute atomic E-state index is 0.00292. The molecule has 4 heteroatoms. The fraction of sp³-hybridized carbons (Fsp3) is 0.857. The van der Waals surface area contributed by atoms with Crippen LogP contribution in [0.4, 0.5) is 0 Å². The van der Waals surface area contributed by atoms with Gasteiger partial charge in [-0.05, 0) is 6.42 Å². The first-order valence-corrected chi connectivity index (χ1v) is 4.20. The fourth-order valence-electron chi connectivity index (χ4n) is 0.903. The highest BCUT2D eigenvalue weighted by molar-refractivity contribution is 6.17. The minimum Gasteiger partial charge on any atom is -0.344 e. The van der Waals surface area contributed by atoms with E-state index >= 15 is 0 Å². The second-order valence-corrected chi connectivity index (χ2v) is 2.71. The van der Waals surface area contributed by atoms with Crippen LogP contribution in [0.3, 0.4) is 0 Å². The Bertz CT molecular complexity index is 132. The Hall–Kier alpha value is -0.120. The zero-order valence-corrected chi connectivity index (χ0v) is 6.97. The molecule has 1 aliphatic heterocycles. The molecule has 0 N–H and O–H groups in total. The van der Waals surface area contributed by atoms with Crippen LogP contribution in [0.25, 0.3) is 0 Å². The van der Waals surface area contributed by atoms with Crippen molar-refractivity contribution in [2.75, 3.05) is 19.1 Å². The normalized spacial score (nSPS) is 19.0. The summed E-state index contributed by atoms with van der Waals surface area (Å²) in [5.41, 5.74) is 0. The van der Waals surface area contributed by atoms with Gasteiger partial charge in [-0.2, -0.15) is 0 Å². The van der Waals surface area contributed by atoms with Gasteiger partial charge in [0.2, 0.25) is 6.29 Å². The Labute approximate surface area is 70.6 Å². The molecule has 0 radical (unpaired) electrons. The van der Waals surface area contributed by atoms with Crippen LogP contribution in [0, 0.1) is 0 Å². The lowest BCUT2D eigenvalue weighted by Gasteiger charge is -2.05. The average molecular weight is 179 g/mol. The summed E-state index contributed by atoms with van der Waals surface area (Å²) in [6.45, 7) is 1.05. The van der Waals surface area contributed by atoms with Crippen molar-refractivity contribution in [3.63, 3.8) is 0 Å². The molecule has 0 atom stereocenters. The predicted octanol–water partition coefficient (Wildman–Crippen LogP) is 0.947. The van der Waals surface area contributed by atoms with Gasteiger partial charge in [-0.25, -0.2) is 0 Å².